The second kappa shape index (κ2) is 8.67. The molecule has 2 N–H and O–H groups in total. The molecule has 9 heteroatoms. The van der Waals surface area contributed by atoms with Crippen molar-refractivity contribution in [3.8, 4) is 6.07 Å². The van der Waals surface area contributed by atoms with Crippen molar-refractivity contribution in [2.45, 2.75) is 6.18 Å². The third kappa shape index (κ3) is 5.41. The van der Waals surface area contributed by atoms with Crippen LogP contribution >= 0.6 is 11.6 Å². The minimum absolute atomic E-state index is 0.127. The number of carbonyl (C=O) groups is 1. The van der Waals surface area contributed by atoms with Crippen molar-refractivity contribution >= 4 is 34.6 Å². The Morgan fingerprint density at radius 1 is 1.14 bits per heavy atom. The van der Waals surface area contributed by atoms with Gasteiger partial charge in [-0.2, -0.15) is 18.4 Å². The van der Waals surface area contributed by atoms with Crippen molar-refractivity contribution in [2.75, 3.05) is 29.6 Å². The fourth-order valence-electron chi connectivity index (χ4n) is 2.18. The predicted octanol–water partition coefficient (Wildman–Crippen LogP) is 4.88. The van der Waals surface area contributed by atoms with Gasteiger partial charge >= 0.3 is 6.18 Å². The number of anilines is 3. The highest BCUT2D eigenvalue weighted by Crippen LogP contribution is 2.36. The lowest BCUT2D eigenvalue weighted by molar-refractivity contribution is -0.137. The monoisotopic (exact) mass is 408 g/mol. The van der Waals surface area contributed by atoms with Gasteiger partial charge in [-0.3, -0.25) is 4.79 Å². The maximum Gasteiger partial charge on any atom is 0.417 e. The van der Waals surface area contributed by atoms with Gasteiger partial charge in [-0.15, -0.1) is 0 Å². The third-order valence-corrected chi connectivity index (χ3v) is 3.99. The van der Waals surface area contributed by atoms with Crippen molar-refractivity contribution in [2.24, 2.45) is 0 Å². The molecule has 2 aromatic carbocycles. The second-order valence-electron chi connectivity index (χ2n) is 5.90. The number of amides is 1. The van der Waals surface area contributed by atoms with E-state index in [4.69, 9.17) is 11.6 Å². The first kappa shape index (κ1) is 21.1. The molecular formula is C19H16ClF3N4O. The van der Waals surface area contributed by atoms with Crippen molar-refractivity contribution in [1.82, 2.24) is 0 Å². The van der Waals surface area contributed by atoms with Gasteiger partial charge < -0.3 is 15.5 Å². The smallest absolute Gasteiger partial charge is 0.378 e. The van der Waals surface area contributed by atoms with Gasteiger partial charge in [0.15, 0.2) is 0 Å². The Hall–Kier alpha value is -3.18. The Balaban J connectivity index is 2.13. The number of nitrogens with one attached hydrogen (secondary N) is 2. The predicted molar refractivity (Wildman–Crippen MR) is 103 cm³/mol. The van der Waals surface area contributed by atoms with Crippen LogP contribution in [0.1, 0.15) is 5.56 Å². The zero-order valence-corrected chi connectivity index (χ0v) is 15.7. The molecule has 0 radical (unpaired) electrons. The zero-order valence-electron chi connectivity index (χ0n) is 14.9. The van der Waals surface area contributed by atoms with Crippen LogP contribution in [-0.2, 0) is 11.0 Å². The summed E-state index contributed by atoms with van der Waals surface area (Å²) >= 11 is 5.55. The minimum atomic E-state index is -4.66. The largest absolute Gasteiger partial charge is 0.417 e. The van der Waals surface area contributed by atoms with Gasteiger partial charge in [-0.05, 0) is 42.5 Å². The number of carbonyl (C=O) groups excluding carboxylic acids is 1. The molecule has 0 aliphatic carbocycles. The molecule has 0 saturated carbocycles. The van der Waals surface area contributed by atoms with Crippen molar-refractivity contribution < 1.29 is 18.0 Å². The van der Waals surface area contributed by atoms with Crippen LogP contribution in [0.5, 0.6) is 0 Å². The van der Waals surface area contributed by atoms with E-state index in [-0.39, 0.29) is 11.3 Å². The van der Waals surface area contributed by atoms with E-state index in [1.165, 1.54) is 12.3 Å². The topological polar surface area (TPSA) is 68.2 Å². The second-order valence-corrected chi connectivity index (χ2v) is 6.31. The Kier molecular flexibility index (Phi) is 6.54. The molecule has 0 fully saturated rings. The zero-order chi connectivity index (χ0) is 20.9. The Labute approximate surface area is 165 Å². The Morgan fingerprint density at radius 3 is 2.29 bits per heavy atom. The third-order valence-electron chi connectivity index (χ3n) is 3.66. The molecule has 0 unspecified atom stereocenters. The van der Waals surface area contributed by atoms with Crippen LogP contribution in [-0.4, -0.2) is 20.0 Å². The molecule has 0 saturated heterocycles. The molecule has 5 nitrogen and oxygen atoms in total. The van der Waals surface area contributed by atoms with Crippen LogP contribution in [0.3, 0.4) is 0 Å². The Morgan fingerprint density at radius 2 is 1.75 bits per heavy atom. The van der Waals surface area contributed by atoms with E-state index in [0.717, 1.165) is 11.8 Å². The van der Waals surface area contributed by atoms with Gasteiger partial charge in [0.1, 0.15) is 11.6 Å². The molecule has 2 rings (SSSR count). The maximum atomic E-state index is 12.9. The summed E-state index contributed by atoms with van der Waals surface area (Å²) in [5.41, 5.74) is 0.0972. The van der Waals surface area contributed by atoms with E-state index in [9.17, 15) is 23.2 Å². The van der Waals surface area contributed by atoms with Crippen LogP contribution in [0.4, 0.5) is 30.2 Å². The summed E-state index contributed by atoms with van der Waals surface area (Å²) < 4.78 is 38.7. The highest BCUT2D eigenvalue weighted by molar-refractivity contribution is 6.31. The first-order chi connectivity index (χ1) is 13.1. The molecule has 2 aromatic rings. The number of hydrogen-bond acceptors (Lipinski definition) is 4. The van der Waals surface area contributed by atoms with Gasteiger partial charge in [0, 0.05) is 37.4 Å². The lowest BCUT2D eigenvalue weighted by Gasteiger charge is -2.13. The normalized spacial score (nSPS) is 11.5. The highest BCUT2D eigenvalue weighted by atomic mass is 35.5. The minimum Gasteiger partial charge on any atom is -0.378 e. The number of hydrogen-bond donors (Lipinski definition) is 2. The van der Waals surface area contributed by atoms with Gasteiger partial charge in [-0.1, -0.05) is 11.6 Å². The van der Waals surface area contributed by atoms with Crippen LogP contribution in [0.2, 0.25) is 5.02 Å². The number of alkyl halides is 3. The average Bonchev–Trinajstić information content (AvgIpc) is 2.63. The first-order valence-electron chi connectivity index (χ1n) is 7.94. The number of nitrogens with zero attached hydrogens (tertiary/aromatic N) is 2. The summed E-state index contributed by atoms with van der Waals surface area (Å²) in [6.07, 6.45) is -3.48. The fraction of sp³-hybridized carbons (Fsp3) is 0.158. The molecule has 0 aromatic heterocycles. The molecule has 28 heavy (non-hydrogen) atoms. The van der Waals surface area contributed by atoms with Crippen LogP contribution < -0.4 is 15.5 Å². The summed E-state index contributed by atoms with van der Waals surface area (Å²) in [5, 5.41) is 13.8. The highest BCUT2D eigenvalue weighted by Gasteiger charge is 2.33. The molecule has 0 heterocycles. The molecule has 0 spiro atoms. The van der Waals surface area contributed by atoms with Crippen molar-refractivity contribution in [1.29, 1.82) is 5.26 Å². The summed E-state index contributed by atoms with van der Waals surface area (Å²) in [4.78, 5) is 14.1. The summed E-state index contributed by atoms with van der Waals surface area (Å²) in [5.74, 6) is -0.852. The standard InChI is InChI=1S/C19H16ClF3N4O/c1-27(2)15-6-3-13(4-7-15)25-11-12(10-24)18(28)26-14-5-8-17(20)16(9-14)19(21,22)23/h3-9,11,25H,1-2H3,(H,26,28)/b12-11-. The van der Waals surface area contributed by atoms with E-state index < -0.39 is 22.7 Å². The van der Waals surface area contributed by atoms with Gasteiger partial charge in [0.2, 0.25) is 0 Å². The molecule has 0 aliphatic heterocycles. The molecular weight excluding hydrogens is 393 g/mol. The number of halogens is 4. The van der Waals surface area contributed by atoms with E-state index in [1.807, 2.05) is 31.1 Å². The summed E-state index contributed by atoms with van der Waals surface area (Å²) in [6.45, 7) is 0. The fourth-order valence-corrected chi connectivity index (χ4v) is 2.40. The molecule has 146 valence electrons. The molecule has 0 bridgehead atoms. The lowest BCUT2D eigenvalue weighted by Crippen LogP contribution is -2.15. The van der Waals surface area contributed by atoms with Gasteiger partial charge in [0.05, 0.1) is 10.6 Å². The van der Waals surface area contributed by atoms with Gasteiger partial charge in [-0.25, -0.2) is 0 Å². The molecule has 0 atom stereocenters. The van der Waals surface area contributed by atoms with Crippen molar-refractivity contribution in [3.63, 3.8) is 0 Å². The van der Waals surface area contributed by atoms with E-state index in [1.54, 1.807) is 18.2 Å². The van der Waals surface area contributed by atoms with Crippen molar-refractivity contribution in [3.05, 3.63) is 64.8 Å². The summed E-state index contributed by atoms with van der Waals surface area (Å²) in [6, 6.07) is 11.9. The lowest BCUT2D eigenvalue weighted by atomic mass is 10.2. The van der Waals surface area contributed by atoms with E-state index >= 15 is 0 Å². The summed E-state index contributed by atoms with van der Waals surface area (Å²) in [7, 11) is 3.78. The number of benzene rings is 2. The van der Waals surface area contributed by atoms with Gasteiger partial charge in [0.25, 0.3) is 5.91 Å². The maximum absolute atomic E-state index is 12.9. The molecule has 0 aliphatic rings. The van der Waals surface area contributed by atoms with E-state index in [2.05, 4.69) is 10.6 Å². The van der Waals surface area contributed by atoms with Crippen LogP contribution in [0, 0.1) is 11.3 Å². The Bertz CT molecular complexity index is 932. The average molecular weight is 409 g/mol. The quantitative estimate of drug-likeness (QED) is 0.546. The number of rotatable bonds is 5. The number of nitriles is 1. The van der Waals surface area contributed by atoms with Crippen LogP contribution in [0.25, 0.3) is 0 Å². The van der Waals surface area contributed by atoms with E-state index in [0.29, 0.717) is 11.8 Å². The first-order valence-corrected chi connectivity index (χ1v) is 8.32. The SMILES string of the molecule is CN(C)c1ccc(N/C=C(/C#N)C(=O)Nc2ccc(Cl)c(C(F)(F)F)c2)cc1. The molecule has 1 amide bonds. The van der Waals surface area contributed by atoms with Crippen LogP contribution in [0.15, 0.2) is 54.2 Å².